The fourth-order valence-corrected chi connectivity index (χ4v) is 2.49. The van der Waals surface area contributed by atoms with Gasteiger partial charge in [0.2, 0.25) is 0 Å². The van der Waals surface area contributed by atoms with Gasteiger partial charge in [-0.3, -0.25) is 4.98 Å². The van der Waals surface area contributed by atoms with Crippen molar-refractivity contribution in [1.82, 2.24) is 15.0 Å². The number of hydrogen-bond acceptors (Lipinski definition) is 4. The minimum absolute atomic E-state index is 0.540. The fourth-order valence-electron chi connectivity index (χ4n) is 2.49. The Morgan fingerprint density at radius 2 is 1.90 bits per heavy atom. The van der Waals surface area contributed by atoms with Crippen LogP contribution in [0, 0.1) is 0 Å². The van der Waals surface area contributed by atoms with Crippen molar-refractivity contribution >= 4 is 16.7 Å². The number of benzene rings is 1. The molecule has 0 unspecified atom stereocenters. The van der Waals surface area contributed by atoms with Gasteiger partial charge < -0.3 is 5.73 Å². The monoisotopic (exact) mass is 262 g/mol. The summed E-state index contributed by atoms with van der Waals surface area (Å²) in [6, 6.07) is 11.9. The van der Waals surface area contributed by atoms with E-state index >= 15 is 0 Å². The predicted octanol–water partition coefficient (Wildman–Crippen LogP) is 3.15. The molecule has 0 bridgehead atoms. The highest BCUT2D eigenvalue weighted by molar-refractivity contribution is 5.92. The minimum atomic E-state index is 0.540. The number of nitrogens with two attached hydrogens (primary N) is 1. The smallest absolute Gasteiger partial charge is 0.162 e. The average molecular weight is 262 g/mol. The maximum atomic E-state index is 5.94. The van der Waals surface area contributed by atoms with E-state index in [2.05, 4.69) is 9.97 Å². The van der Waals surface area contributed by atoms with Crippen LogP contribution in [0.3, 0.4) is 0 Å². The summed E-state index contributed by atoms with van der Waals surface area (Å²) >= 11 is 0. The number of nitrogens with zero attached hydrogens (tertiary/aromatic N) is 3. The second-order valence-electron chi connectivity index (χ2n) is 5.19. The van der Waals surface area contributed by atoms with E-state index in [0.29, 0.717) is 17.6 Å². The molecule has 0 radical (unpaired) electrons. The lowest BCUT2D eigenvalue weighted by Crippen LogP contribution is -2.00. The summed E-state index contributed by atoms with van der Waals surface area (Å²) in [5.41, 5.74) is 8.94. The molecule has 1 saturated carbocycles. The van der Waals surface area contributed by atoms with Gasteiger partial charge in [-0.25, -0.2) is 9.97 Å². The number of nitrogen functional groups attached to an aromatic ring is 1. The largest absolute Gasteiger partial charge is 0.384 e. The number of anilines is 1. The van der Waals surface area contributed by atoms with Crippen LogP contribution in [0.15, 0.2) is 42.6 Å². The molecule has 0 atom stereocenters. The molecule has 0 saturated heterocycles. The highest BCUT2D eigenvalue weighted by Gasteiger charge is 2.26. The molecule has 1 aliphatic rings. The molecule has 0 amide bonds. The van der Waals surface area contributed by atoms with Crippen molar-refractivity contribution in [1.29, 1.82) is 0 Å². The predicted molar refractivity (Wildman–Crippen MR) is 79.2 cm³/mol. The molecule has 4 rings (SSSR count). The zero-order chi connectivity index (χ0) is 13.5. The average Bonchev–Trinajstić information content (AvgIpc) is 3.30. The fraction of sp³-hybridized carbons (Fsp3) is 0.188. The summed E-state index contributed by atoms with van der Waals surface area (Å²) in [5.74, 6) is 1.80. The molecule has 4 nitrogen and oxygen atoms in total. The summed E-state index contributed by atoms with van der Waals surface area (Å²) in [7, 11) is 0. The lowest BCUT2D eigenvalue weighted by atomic mass is 10.1. The zero-order valence-electron chi connectivity index (χ0n) is 11.0. The van der Waals surface area contributed by atoms with Gasteiger partial charge in [-0.1, -0.05) is 18.2 Å². The molecule has 1 aromatic carbocycles. The molecule has 98 valence electrons. The molecule has 1 aliphatic carbocycles. The summed E-state index contributed by atoms with van der Waals surface area (Å²) in [6.07, 6.45) is 4.20. The number of pyridine rings is 1. The summed E-state index contributed by atoms with van der Waals surface area (Å²) in [5, 5.41) is 1.06. The Labute approximate surface area is 116 Å². The third kappa shape index (κ3) is 1.90. The maximum Gasteiger partial charge on any atom is 0.162 e. The Morgan fingerprint density at radius 3 is 2.75 bits per heavy atom. The molecule has 1 fully saturated rings. The van der Waals surface area contributed by atoms with E-state index < -0.39 is 0 Å². The summed E-state index contributed by atoms with van der Waals surface area (Å²) in [6.45, 7) is 0. The minimum Gasteiger partial charge on any atom is -0.384 e. The maximum absolute atomic E-state index is 5.94. The van der Waals surface area contributed by atoms with E-state index in [1.807, 2.05) is 36.4 Å². The zero-order valence-corrected chi connectivity index (χ0v) is 11.0. The van der Waals surface area contributed by atoms with Crippen LogP contribution >= 0.6 is 0 Å². The SMILES string of the molecule is Nc1cc(C2CC2)nc(-c2ccnc3ccccc23)n1. The van der Waals surface area contributed by atoms with Crippen molar-refractivity contribution in [3.05, 3.63) is 48.3 Å². The Morgan fingerprint density at radius 1 is 1.05 bits per heavy atom. The molecule has 4 heteroatoms. The van der Waals surface area contributed by atoms with Gasteiger partial charge in [-0.2, -0.15) is 0 Å². The second kappa shape index (κ2) is 4.27. The van der Waals surface area contributed by atoms with E-state index in [-0.39, 0.29) is 0 Å². The van der Waals surface area contributed by atoms with Crippen molar-refractivity contribution < 1.29 is 0 Å². The lowest BCUT2D eigenvalue weighted by Gasteiger charge is -2.07. The first-order chi connectivity index (χ1) is 9.81. The van der Waals surface area contributed by atoms with E-state index in [1.165, 1.54) is 12.8 Å². The highest BCUT2D eigenvalue weighted by Crippen LogP contribution is 2.40. The third-order valence-corrected chi connectivity index (χ3v) is 3.65. The van der Waals surface area contributed by atoms with Gasteiger partial charge >= 0.3 is 0 Å². The van der Waals surface area contributed by atoms with Crippen LogP contribution in [-0.4, -0.2) is 15.0 Å². The number of para-hydroxylation sites is 1. The molecule has 0 spiro atoms. The van der Waals surface area contributed by atoms with Crippen LogP contribution in [0.25, 0.3) is 22.3 Å². The normalized spacial score (nSPS) is 14.6. The molecule has 20 heavy (non-hydrogen) atoms. The van der Waals surface area contributed by atoms with Crippen LogP contribution in [0.1, 0.15) is 24.5 Å². The van der Waals surface area contributed by atoms with Crippen LogP contribution < -0.4 is 5.73 Å². The van der Waals surface area contributed by atoms with Gasteiger partial charge in [0.25, 0.3) is 0 Å². The first-order valence-corrected chi connectivity index (χ1v) is 6.80. The van der Waals surface area contributed by atoms with Gasteiger partial charge in [0.15, 0.2) is 5.82 Å². The Kier molecular flexibility index (Phi) is 2.42. The van der Waals surface area contributed by atoms with Gasteiger partial charge in [0.1, 0.15) is 5.82 Å². The number of aromatic nitrogens is 3. The van der Waals surface area contributed by atoms with Crippen molar-refractivity contribution in [3.8, 4) is 11.4 Å². The molecular formula is C16H14N4. The molecular weight excluding hydrogens is 248 g/mol. The van der Waals surface area contributed by atoms with Crippen LogP contribution in [-0.2, 0) is 0 Å². The second-order valence-corrected chi connectivity index (χ2v) is 5.19. The quantitative estimate of drug-likeness (QED) is 0.770. The number of hydrogen-bond donors (Lipinski definition) is 1. The highest BCUT2D eigenvalue weighted by atomic mass is 15.0. The third-order valence-electron chi connectivity index (χ3n) is 3.65. The van der Waals surface area contributed by atoms with Gasteiger partial charge in [-0.15, -0.1) is 0 Å². The number of rotatable bonds is 2. The van der Waals surface area contributed by atoms with Crippen LogP contribution in [0.4, 0.5) is 5.82 Å². The van der Waals surface area contributed by atoms with E-state index in [4.69, 9.17) is 10.7 Å². The summed E-state index contributed by atoms with van der Waals surface area (Å²) < 4.78 is 0. The van der Waals surface area contributed by atoms with Gasteiger partial charge in [0, 0.05) is 34.8 Å². The Hall–Kier alpha value is -2.49. The van der Waals surface area contributed by atoms with Crippen molar-refractivity contribution in [3.63, 3.8) is 0 Å². The first-order valence-electron chi connectivity index (χ1n) is 6.80. The van der Waals surface area contributed by atoms with Crippen LogP contribution in [0.5, 0.6) is 0 Å². The molecule has 2 N–H and O–H groups in total. The molecule has 2 aromatic heterocycles. The first kappa shape index (κ1) is 11.3. The van der Waals surface area contributed by atoms with Crippen LogP contribution in [0.2, 0.25) is 0 Å². The van der Waals surface area contributed by atoms with E-state index in [9.17, 15) is 0 Å². The van der Waals surface area contributed by atoms with Gasteiger partial charge in [0.05, 0.1) is 5.52 Å². The molecule has 3 aromatic rings. The Balaban J connectivity index is 1.94. The summed E-state index contributed by atoms with van der Waals surface area (Å²) in [4.78, 5) is 13.5. The molecule has 0 aliphatic heterocycles. The van der Waals surface area contributed by atoms with Crippen molar-refractivity contribution in [2.24, 2.45) is 0 Å². The Bertz CT molecular complexity index is 788. The van der Waals surface area contributed by atoms with Crippen molar-refractivity contribution in [2.75, 3.05) is 5.73 Å². The standard InChI is InChI=1S/C16H14N4/c17-15-9-14(10-5-6-10)19-16(20-15)12-7-8-18-13-4-2-1-3-11(12)13/h1-4,7-10H,5-6H2,(H2,17,19,20). The van der Waals surface area contributed by atoms with Gasteiger partial charge in [-0.05, 0) is 25.0 Å². The topological polar surface area (TPSA) is 64.7 Å². The van der Waals surface area contributed by atoms with E-state index in [0.717, 1.165) is 22.2 Å². The van der Waals surface area contributed by atoms with E-state index in [1.54, 1.807) is 6.20 Å². The number of fused-ring (bicyclic) bond motifs is 1. The lowest BCUT2D eigenvalue weighted by molar-refractivity contribution is 0.999. The van der Waals surface area contributed by atoms with Crippen molar-refractivity contribution in [2.45, 2.75) is 18.8 Å². The molecule has 2 heterocycles.